The van der Waals surface area contributed by atoms with Crippen molar-refractivity contribution < 1.29 is 8.78 Å². The first-order valence-corrected chi connectivity index (χ1v) is 11.5. The van der Waals surface area contributed by atoms with Crippen molar-refractivity contribution in [2.45, 2.75) is 13.0 Å². The van der Waals surface area contributed by atoms with Crippen LogP contribution in [0.4, 0.5) is 20.4 Å². The number of fused-ring (bicyclic) bond motifs is 1. The minimum absolute atomic E-state index is 0.0599. The van der Waals surface area contributed by atoms with Crippen molar-refractivity contribution in [2.75, 3.05) is 11.1 Å². The highest BCUT2D eigenvalue weighted by Gasteiger charge is 2.22. The highest BCUT2D eigenvalue weighted by molar-refractivity contribution is 6.35. The molecule has 3 N–H and O–H groups in total. The van der Waals surface area contributed by atoms with Gasteiger partial charge in [-0.3, -0.25) is 14.3 Å². The van der Waals surface area contributed by atoms with Crippen molar-refractivity contribution in [1.82, 2.24) is 29.5 Å². The van der Waals surface area contributed by atoms with Gasteiger partial charge in [-0.2, -0.15) is 0 Å². The van der Waals surface area contributed by atoms with Crippen molar-refractivity contribution in [3.63, 3.8) is 0 Å². The Morgan fingerprint density at radius 1 is 1.08 bits per heavy atom. The fourth-order valence-corrected chi connectivity index (χ4v) is 4.06. The Morgan fingerprint density at radius 3 is 2.61 bits per heavy atom. The number of hydrogen-bond donors (Lipinski definition) is 2. The van der Waals surface area contributed by atoms with Crippen LogP contribution in [-0.4, -0.2) is 29.5 Å². The molecule has 0 aliphatic heterocycles. The molecule has 0 radical (unpaired) electrons. The predicted octanol–water partition coefficient (Wildman–Crippen LogP) is 4.05. The minimum Gasteiger partial charge on any atom is -0.382 e. The van der Waals surface area contributed by atoms with Gasteiger partial charge in [-0.1, -0.05) is 23.6 Å². The maximum Gasteiger partial charge on any atom is 0.267 e. The first-order valence-electron chi connectivity index (χ1n) is 11.1. The molecule has 9 nitrogen and oxygen atoms in total. The SMILES string of the molecule is CC(Nc1ncnc(N)c1C#Cc1cnccn1)c1nc2cccc(Cl)c2c(=O)n1-c1cc(F)cc(F)c1. The van der Waals surface area contributed by atoms with E-state index in [4.69, 9.17) is 17.3 Å². The Balaban J connectivity index is 1.65. The molecule has 188 valence electrons. The van der Waals surface area contributed by atoms with Crippen LogP contribution in [0.3, 0.4) is 0 Å². The van der Waals surface area contributed by atoms with Gasteiger partial charge in [0.25, 0.3) is 5.56 Å². The zero-order valence-corrected chi connectivity index (χ0v) is 20.4. The number of nitrogens with one attached hydrogen (secondary N) is 1. The molecule has 1 unspecified atom stereocenters. The fourth-order valence-electron chi connectivity index (χ4n) is 3.81. The van der Waals surface area contributed by atoms with Gasteiger partial charge in [-0.15, -0.1) is 0 Å². The molecule has 38 heavy (non-hydrogen) atoms. The molecular weight excluding hydrogens is 514 g/mol. The van der Waals surface area contributed by atoms with Crippen LogP contribution in [0.25, 0.3) is 16.6 Å². The number of nitrogens with zero attached hydrogens (tertiary/aromatic N) is 6. The van der Waals surface area contributed by atoms with E-state index in [-0.39, 0.29) is 39.1 Å². The van der Waals surface area contributed by atoms with E-state index in [9.17, 15) is 13.6 Å². The second-order valence-corrected chi connectivity index (χ2v) is 8.47. The average molecular weight is 531 g/mol. The highest BCUT2D eigenvalue weighted by atomic mass is 35.5. The van der Waals surface area contributed by atoms with Crippen LogP contribution in [-0.2, 0) is 0 Å². The first kappa shape index (κ1) is 24.7. The van der Waals surface area contributed by atoms with Gasteiger partial charge < -0.3 is 11.1 Å². The molecule has 0 amide bonds. The lowest BCUT2D eigenvalue weighted by Gasteiger charge is -2.21. The fraction of sp³-hybridized carbons (Fsp3) is 0.0769. The van der Waals surface area contributed by atoms with Crippen LogP contribution < -0.4 is 16.6 Å². The maximum absolute atomic E-state index is 14.2. The summed E-state index contributed by atoms with van der Waals surface area (Å²) < 4.78 is 29.4. The molecule has 5 aromatic rings. The Kier molecular flexibility index (Phi) is 6.64. The van der Waals surface area contributed by atoms with Gasteiger partial charge in [0.15, 0.2) is 0 Å². The maximum atomic E-state index is 14.2. The highest BCUT2D eigenvalue weighted by Crippen LogP contribution is 2.26. The first-order chi connectivity index (χ1) is 18.3. The zero-order chi connectivity index (χ0) is 26.8. The van der Waals surface area contributed by atoms with Crippen LogP contribution in [0.15, 0.2) is 66.1 Å². The topological polar surface area (TPSA) is 124 Å². The van der Waals surface area contributed by atoms with E-state index in [2.05, 4.69) is 42.1 Å². The summed E-state index contributed by atoms with van der Waals surface area (Å²) in [7, 11) is 0. The molecule has 0 aliphatic carbocycles. The monoisotopic (exact) mass is 530 g/mol. The lowest BCUT2D eigenvalue weighted by molar-refractivity contribution is 0.579. The zero-order valence-electron chi connectivity index (χ0n) is 19.7. The van der Waals surface area contributed by atoms with Crippen LogP contribution in [0.1, 0.15) is 30.0 Å². The Morgan fingerprint density at radius 2 is 1.87 bits per heavy atom. The van der Waals surface area contributed by atoms with Crippen molar-refractivity contribution in [2.24, 2.45) is 0 Å². The molecule has 1 atom stereocenters. The molecule has 0 spiro atoms. The number of nitrogen functional groups attached to an aromatic ring is 1. The van der Waals surface area contributed by atoms with Crippen LogP contribution in [0, 0.1) is 23.5 Å². The summed E-state index contributed by atoms with van der Waals surface area (Å²) in [6, 6.07) is 6.85. The third-order valence-electron chi connectivity index (χ3n) is 5.47. The number of benzene rings is 2. The number of anilines is 2. The van der Waals surface area contributed by atoms with Gasteiger partial charge in [-0.25, -0.2) is 28.7 Å². The summed E-state index contributed by atoms with van der Waals surface area (Å²) >= 11 is 6.30. The molecular formula is C26H17ClF2N8O. The van der Waals surface area contributed by atoms with Gasteiger partial charge in [0, 0.05) is 18.5 Å². The molecule has 2 aromatic carbocycles. The van der Waals surface area contributed by atoms with E-state index in [0.29, 0.717) is 17.3 Å². The second kappa shape index (κ2) is 10.2. The number of halogens is 3. The molecule has 5 rings (SSSR count). The lowest BCUT2D eigenvalue weighted by atomic mass is 10.2. The van der Waals surface area contributed by atoms with Crippen molar-refractivity contribution in [3.05, 3.63) is 105 Å². The van der Waals surface area contributed by atoms with Crippen molar-refractivity contribution in [1.29, 1.82) is 0 Å². The van der Waals surface area contributed by atoms with Crippen molar-refractivity contribution in [3.8, 4) is 17.5 Å². The lowest BCUT2D eigenvalue weighted by Crippen LogP contribution is -2.28. The summed E-state index contributed by atoms with van der Waals surface area (Å²) in [4.78, 5) is 34.6. The molecule has 12 heteroatoms. The Hall–Kier alpha value is -4.95. The van der Waals surface area contributed by atoms with Crippen LogP contribution in [0.2, 0.25) is 5.02 Å². The van der Waals surface area contributed by atoms with Gasteiger partial charge in [0.05, 0.1) is 33.9 Å². The van der Waals surface area contributed by atoms with Crippen molar-refractivity contribution >= 4 is 34.1 Å². The number of hydrogen-bond acceptors (Lipinski definition) is 8. The van der Waals surface area contributed by atoms with Crippen LogP contribution in [0.5, 0.6) is 0 Å². The molecule has 0 aliphatic rings. The molecule has 0 saturated heterocycles. The Labute approximate surface area is 219 Å². The number of aromatic nitrogens is 6. The summed E-state index contributed by atoms with van der Waals surface area (Å²) in [6.45, 7) is 1.70. The molecule has 0 fully saturated rings. The van der Waals surface area contributed by atoms with Gasteiger partial charge in [0.2, 0.25) is 0 Å². The largest absolute Gasteiger partial charge is 0.382 e. The summed E-state index contributed by atoms with van der Waals surface area (Å²) in [5.74, 6) is 4.52. The average Bonchev–Trinajstić information content (AvgIpc) is 2.88. The van der Waals surface area contributed by atoms with Gasteiger partial charge >= 0.3 is 0 Å². The van der Waals surface area contributed by atoms with E-state index < -0.39 is 23.2 Å². The molecule has 3 heterocycles. The van der Waals surface area contributed by atoms with E-state index in [1.54, 1.807) is 19.1 Å². The van der Waals surface area contributed by atoms with Gasteiger partial charge in [-0.05, 0) is 37.1 Å². The predicted molar refractivity (Wildman–Crippen MR) is 139 cm³/mol. The standard InChI is InChI=1S/C26H17ClF2N8O/c1-14(35-24-19(23(30)33-13-34-24)6-5-17-12-31-7-8-32-17)25-36-21-4-2-3-20(27)22(21)26(38)37(25)18-10-15(28)9-16(29)11-18/h2-4,7-14H,1H3,(H3,30,33,34,35). The normalized spacial score (nSPS) is 11.6. The number of rotatable bonds is 4. The minimum atomic E-state index is -0.858. The van der Waals surface area contributed by atoms with Crippen LogP contribution >= 0.6 is 11.6 Å². The second-order valence-electron chi connectivity index (χ2n) is 8.06. The van der Waals surface area contributed by atoms with E-state index >= 15 is 0 Å². The summed E-state index contributed by atoms with van der Waals surface area (Å²) in [6.07, 6.45) is 5.76. The smallest absolute Gasteiger partial charge is 0.267 e. The van der Waals surface area contributed by atoms with E-state index in [1.165, 1.54) is 31.0 Å². The van der Waals surface area contributed by atoms with E-state index in [0.717, 1.165) is 16.7 Å². The quantitative estimate of drug-likeness (QED) is 0.333. The third kappa shape index (κ3) is 4.85. The Bertz CT molecular complexity index is 1780. The number of nitrogens with two attached hydrogens (primary N) is 1. The van der Waals surface area contributed by atoms with E-state index in [1.807, 2.05) is 0 Å². The summed E-state index contributed by atoms with van der Waals surface area (Å²) in [5.41, 5.74) is 6.41. The molecule has 3 aromatic heterocycles. The molecule has 0 bridgehead atoms. The third-order valence-corrected chi connectivity index (χ3v) is 5.79. The molecule has 0 saturated carbocycles. The summed E-state index contributed by atoms with van der Waals surface area (Å²) in [5, 5.41) is 3.40. The van der Waals surface area contributed by atoms with Gasteiger partial charge in [0.1, 0.15) is 46.7 Å².